The molecule has 1 fully saturated rings. The van der Waals surface area contributed by atoms with E-state index in [1.807, 2.05) is 6.07 Å². The molecule has 1 N–H and O–H groups in total. The number of rotatable bonds is 1. The van der Waals surface area contributed by atoms with Gasteiger partial charge in [-0.25, -0.2) is 4.79 Å². The SMILES string of the molecule is O=C1NC(c2cc(Br)c(Cl)s2)CO1. The Hall–Kier alpha value is -0.260. The fourth-order valence-electron chi connectivity index (χ4n) is 1.07. The zero-order valence-corrected chi connectivity index (χ0v) is 9.50. The second-order valence-corrected chi connectivity index (χ2v) is 5.11. The minimum absolute atomic E-state index is 0.0544. The molecule has 0 saturated carbocycles. The molecule has 1 aromatic heterocycles. The highest BCUT2D eigenvalue weighted by molar-refractivity contribution is 9.10. The van der Waals surface area contributed by atoms with Crippen molar-refractivity contribution in [2.75, 3.05) is 6.61 Å². The summed E-state index contributed by atoms with van der Waals surface area (Å²) in [6.45, 7) is 0.377. The highest BCUT2D eigenvalue weighted by Gasteiger charge is 2.25. The normalized spacial score (nSPS) is 21.4. The van der Waals surface area contributed by atoms with Crippen LogP contribution in [-0.2, 0) is 4.74 Å². The number of amides is 1. The highest BCUT2D eigenvalue weighted by Crippen LogP contribution is 2.36. The predicted molar refractivity (Wildman–Crippen MR) is 54.3 cm³/mol. The van der Waals surface area contributed by atoms with Gasteiger partial charge in [-0.3, -0.25) is 0 Å². The Morgan fingerprint density at radius 1 is 1.77 bits per heavy atom. The Bertz CT molecular complexity index is 335. The van der Waals surface area contributed by atoms with Gasteiger partial charge in [-0.15, -0.1) is 11.3 Å². The first-order valence-corrected chi connectivity index (χ1v) is 5.53. The summed E-state index contributed by atoms with van der Waals surface area (Å²) in [5, 5.41) is 2.68. The number of alkyl carbamates (subject to hydrolysis) is 1. The molecule has 1 aliphatic heterocycles. The summed E-state index contributed by atoms with van der Waals surface area (Å²) in [6, 6.07) is 1.84. The van der Waals surface area contributed by atoms with Crippen LogP contribution in [0.2, 0.25) is 4.34 Å². The Labute approximate surface area is 92.2 Å². The first-order chi connectivity index (χ1) is 6.16. The molecule has 1 aliphatic rings. The maximum absolute atomic E-state index is 10.7. The maximum atomic E-state index is 10.7. The van der Waals surface area contributed by atoms with Crippen LogP contribution in [0.4, 0.5) is 4.79 Å². The first kappa shape index (κ1) is 9.30. The van der Waals surface area contributed by atoms with Gasteiger partial charge < -0.3 is 10.1 Å². The lowest BCUT2D eigenvalue weighted by Gasteiger charge is -2.01. The Kier molecular flexibility index (Phi) is 2.49. The van der Waals surface area contributed by atoms with Crippen molar-refractivity contribution in [1.82, 2.24) is 5.32 Å². The molecule has 0 bridgehead atoms. The molecule has 0 spiro atoms. The van der Waals surface area contributed by atoms with Crippen LogP contribution in [0.1, 0.15) is 10.9 Å². The molecule has 1 unspecified atom stereocenters. The number of hydrogen-bond acceptors (Lipinski definition) is 3. The van der Waals surface area contributed by atoms with E-state index in [0.717, 1.165) is 9.35 Å². The Balaban J connectivity index is 2.21. The maximum Gasteiger partial charge on any atom is 0.407 e. The zero-order chi connectivity index (χ0) is 9.42. The third-order valence-corrected chi connectivity index (χ3v) is 4.27. The standard InChI is InChI=1S/C7H5BrClNO2S/c8-3-1-5(13-6(3)9)4-2-12-7(11)10-4/h1,4H,2H2,(H,10,11). The minimum Gasteiger partial charge on any atom is -0.447 e. The van der Waals surface area contributed by atoms with Crippen LogP contribution in [0.5, 0.6) is 0 Å². The van der Waals surface area contributed by atoms with E-state index in [1.54, 1.807) is 0 Å². The van der Waals surface area contributed by atoms with E-state index in [0.29, 0.717) is 10.9 Å². The molecular formula is C7H5BrClNO2S. The number of halogens is 2. The van der Waals surface area contributed by atoms with Crippen molar-refractivity contribution in [2.45, 2.75) is 6.04 Å². The van der Waals surface area contributed by atoms with Crippen molar-refractivity contribution in [3.05, 3.63) is 19.8 Å². The lowest BCUT2D eigenvalue weighted by Crippen LogP contribution is -2.17. The van der Waals surface area contributed by atoms with Crippen LogP contribution < -0.4 is 5.32 Å². The quantitative estimate of drug-likeness (QED) is 0.860. The van der Waals surface area contributed by atoms with Gasteiger partial charge in [0.1, 0.15) is 17.0 Å². The predicted octanol–water partition coefficient (Wildman–Crippen LogP) is 2.94. The van der Waals surface area contributed by atoms with Crippen molar-refractivity contribution >= 4 is 45.0 Å². The number of thiophene rings is 1. The highest BCUT2D eigenvalue weighted by atomic mass is 79.9. The van der Waals surface area contributed by atoms with Crippen molar-refractivity contribution in [2.24, 2.45) is 0 Å². The Morgan fingerprint density at radius 2 is 2.54 bits per heavy atom. The van der Waals surface area contributed by atoms with Crippen LogP contribution in [-0.4, -0.2) is 12.7 Å². The second kappa shape index (κ2) is 3.48. The number of carbonyl (C=O) groups excluding carboxylic acids is 1. The summed E-state index contributed by atoms with van der Waals surface area (Å²) in [5.74, 6) is 0. The van der Waals surface area contributed by atoms with Gasteiger partial charge in [0.05, 0.1) is 0 Å². The topological polar surface area (TPSA) is 38.3 Å². The molecule has 1 amide bonds. The van der Waals surface area contributed by atoms with Gasteiger partial charge in [-0.05, 0) is 22.0 Å². The summed E-state index contributed by atoms with van der Waals surface area (Å²) in [7, 11) is 0. The second-order valence-electron chi connectivity index (χ2n) is 2.57. The van der Waals surface area contributed by atoms with E-state index >= 15 is 0 Å². The average Bonchev–Trinajstić information content (AvgIpc) is 2.61. The summed E-state index contributed by atoms with van der Waals surface area (Å²) < 4.78 is 6.31. The molecule has 2 heterocycles. The van der Waals surface area contributed by atoms with Crippen LogP contribution in [0, 0.1) is 0 Å². The van der Waals surface area contributed by atoms with Gasteiger partial charge in [0, 0.05) is 9.35 Å². The molecule has 13 heavy (non-hydrogen) atoms. The van der Waals surface area contributed by atoms with E-state index in [1.165, 1.54) is 11.3 Å². The molecule has 1 aromatic rings. The fourth-order valence-corrected chi connectivity index (χ4v) is 2.85. The van der Waals surface area contributed by atoms with E-state index in [4.69, 9.17) is 16.3 Å². The third kappa shape index (κ3) is 1.82. The van der Waals surface area contributed by atoms with Crippen molar-refractivity contribution in [1.29, 1.82) is 0 Å². The molecule has 3 nitrogen and oxygen atoms in total. The number of ether oxygens (including phenoxy) is 1. The zero-order valence-electron chi connectivity index (χ0n) is 6.34. The molecule has 0 aliphatic carbocycles. The molecule has 2 rings (SSSR count). The molecule has 1 atom stereocenters. The molecule has 0 aromatic carbocycles. The van der Waals surface area contributed by atoms with Gasteiger partial charge in [-0.1, -0.05) is 11.6 Å². The molecule has 70 valence electrons. The molecule has 1 saturated heterocycles. The largest absolute Gasteiger partial charge is 0.447 e. The van der Waals surface area contributed by atoms with Gasteiger partial charge >= 0.3 is 6.09 Å². The van der Waals surface area contributed by atoms with Crippen LogP contribution >= 0.6 is 38.9 Å². The van der Waals surface area contributed by atoms with Gasteiger partial charge in [0.15, 0.2) is 0 Å². The van der Waals surface area contributed by atoms with E-state index < -0.39 is 0 Å². The molecule has 6 heteroatoms. The number of carbonyl (C=O) groups is 1. The van der Waals surface area contributed by atoms with Crippen LogP contribution in [0.15, 0.2) is 10.5 Å². The third-order valence-electron chi connectivity index (χ3n) is 1.68. The molecular weight excluding hydrogens is 278 g/mol. The smallest absolute Gasteiger partial charge is 0.407 e. The summed E-state index contributed by atoms with van der Waals surface area (Å²) >= 11 is 10.6. The fraction of sp³-hybridized carbons (Fsp3) is 0.286. The van der Waals surface area contributed by atoms with Crippen molar-refractivity contribution < 1.29 is 9.53 Å². The van der Waals surface area contributed by atoms with Crippen LogP contribution in [0.3, 0.4) is 0 Å². The summed E-state index contributed by atoms with van der Waals surface area (Å²) in [4.78, 5) is 11.7. The van der Waals surface area contributed by atoms with Gasteiger partial charge in [-0.2, -0.15) is 0 Å². The lowest BCUT2D eigenvalue weighted by atomic mass is 10.3. The molecule has 0 radical (unpaired) electrons. The number of nitrogens with one attached hydrogen (secondary N) is 1. The van der Waals surface area contributed by atoms with Gasteiger partial charge in [0.2, 0.25) is 0 Å². The summed E-state index contributed by atoms with van der Waals surface area (Å²) in [5.41, 5.74) is 0. The lowest BCUT2D eigenvalue weighted by molar-refractivity contribution is 0.177. The average molecular weight is 283 g/mol. The Morgan fingerprint density at radius 3 is 3.00 bits per heavy atom. The van der Waals surface area contributed by atoms with E-state index in [2.05, 4.69) is 21.2 Å². The monoisotopic (exact) mass is 281 g/mol. The van der Waals surface area contributed by atoms with Gasteiger partial charge in [0.25, 0.3) is 0 Å². The van der Waals surface area contributed by atoms with Crippen molar-refractivity contribution in [3.63, 3.8) is 0 Å². The van der Waals surface area contributed by atoms with E-state index in [-0.39, 0.29) is 12.1 Å². The first-order valence-electron chi connectivity index (χ1n) is 3.55. The number of cyclic esters (lactones) is 1. The van der Waals surface area contributed by atoms with Crippen molar-refractivity contribution in [3.8, 4) is 0 Å². The van der Waals surface area contributed by atoms with E-state index in [9.17, 15) is 4.79 Å². The minimum atomic E-state index is -0.370. The van der Waals surface area contributed by atoms with Crippen LogP contribution in [0.25, 0.3) is 0 Å². The number of hydrogen-bond donors (Lipinski definition) is 1. The summed E-state index contributed by atoms with van der Waals surface area (Å²) in [6.07, 6.45) is -0.370.